The Morgan fingerprint density at radius 1 is 1.23 bits per heavy atom. The van der Waals surface area contributed by atoms with Gasteiger partial charge >= 0.3 is 0 Å². The number of hydrogen-bond donors (Lipinski definition) is 1. The molecule has 1 amide bonds. The molecule has 1 aromatic carbocycles. The number of carbonyl (C=O) groups excluding carboxylic acids is 2. The molecule has 1 N–H and O–H groups in total. The minimum Gasteiger partial charge on any atom is -0.388 e. The first-order chi connectivity index (χ1) is 14.3. The van der Waals surface area contributed by atoms with Crippen molar-refractivity contribution in [1.29, 1.82) is 0 Å². The molecule has 2 aromatic heterocycles. The van der Waals surface area contributed by atoms with Crippen LogP contribution >= 0.6 is 0 Å². The number of fused-ring (bicyclic) bond motifs is 1. The van der Waals surface area contributed by atoms with Crippen LogP contribution in [-0.4, -0.2) is 44.6 Å². The molecule has 3 aromatic rings. The standard InChI is InChI=1S/C23H25N3O4/c1-15-18(21(24-30-15)16-7-5-4-6-8-16)11-26-14-23(2,3)13-25-10-17(20(28)12-27)9-19(25)22(26)29/h4-10,27H,11-14H2,1-3H3. The van der Waals surface area contributed by atoms with E-state index in [1.165, 1.54) is 0 Å². The molecule has 1 aliphatic rings. The third kappa shape index (κ3) is 3.68. The maximum Gasteiger partial charge on any atom is 0.270 e. The molecule has 1 aliphatic heterocycles. The number of aromatic nitrogens is 2. The Morgan fingerprint density at radius 2 is 1.97 bits per heavy atom. The minimum atomic E-state index is -0.578. The molecule has 7 nitrogen and oxygen atoms in total. The van der Waals surface area contributed by atoms with Crippen LogP contribution in [0, 0.1) is 12.3 Å². The molecule has 0 spiro atoms. The zero-order valence-electron chi connectivity index (χ0n) is 17.4. The van der Waals surface area contributed by atoms with Crippen molar-refractivity contribution in [2.45, 2.75) is 33.9 Å². The van der Waals surface area contributed by atoms with E-state index < -0.39 is 12.4 Å². The molecule has 30 heavy (non-hydrogen) atoms. The number of nitrogens with zero attached hydrogens (tertiary/aromatic N) is 3. The number of rotatable bonds is 5. The van der Waals surface area contributed by atoms with Crippen LogP contribution in [0.15, 0.2) is 47.1 Å². The Labute approximate surface area is 174 Å². The van der Waals surface area contributed by atoms with Crippen LogP contribution in [-0.2, 0) is 13.1 Å². The summed E-state index contributed by atoms with van der Waals surface area (Å²) in [5.41, 5.74) is 3.13. The second-order valence-corrected chi connectivity index (χ2v) is 8.58. The first-order valence-electron chi connectivity index (χ1n) is 9.93. The fraction of sp³-hybridized carbons (Fsp3) is 0.348. The van der Waals surface area contributed by atoms with Gasteiger partial charge in [0.25, 0.3) is 5.91 Å². The van der Waals surface area contributed by atoms with Gasteiger partial charge in [0.1, 0.15) is 23.8 Å². The Hall–Kier alpha value is -3.19. The monoisotopic (exact) mass is 407 g/mol. The fourth-order valence-electron chi connectivity index (χ4n) is 4.04. The maximum absolute atomic E-state index is 13.4. The normalized spacial score (nSPS) is 15.7. The van der Waals surface area contributed by atoms with Gasteiger partial charge in [-0.1, -0.05) is 49.3 Å². The van der Waals surface area contributed by atoms with Crippen LogP contribution < -0.4 is 0 Å². The van der Waals surface area contributed by atoms with Gasteiger partial charge in [-0.15, -0.1) is 0 Å². The highest BCUT2D eigenvalue weighted by Crippen LogP contribution is 2.31. The highest BCUT2D eigenvalue weighted by atomic mass is 16.5. The summed E-state index contributed by atoms with van der Waals surface area (Å²) < 4.78 is 7.29. The molecule has 3 heterocycles. The highest BCUT2D eigenvalue weighted by molar-refractivity contribution is 6.01. The molecule has 0 saturated heterocycles. The molecule has 0 saturated carbocycles. The van der Waals surface area contributed by atoms with Gasteiger partial charge in [-0.2, -0.15) is 0 Å². The molecule has 0 radical (unpaired) electrons. The second kappa shape index (κ2) is 7.57. The number of benzene rings is 1. The van der Waals surface area contributed by atoms with Crippen LogP contribution in [0.2, 0.25) is 0 Å². The van der Waals surface area contributed by atoms with E-state index in [9.17, 15) is 14.7 Å². The molecule has 4 rings (SSSR count). The van der Waals surface area contributed by atoms with Crippen LogP contribution in [0.3, 0.4) is 0 Å². The number of carbonyl (C=O) groups is 2. The molecule has 156 valence electrons. The Morgan fingerprint density at radius 3 is 2.67 bits per heavy atom. The van der Waals surface area contributed by atoms with E-state index in [0.29, 0.717) is 36.7 Å². The first-order valence-corrected chi connectivity index (χ1v) is 9.93. The Kier molecular flexibility index (Phi) is 5.07. The lowest BCUT2D eigenvalue weighted by atomic mass is 9.92. The fourth-order valence-corrected chi connectivity index (χ4v) is 4.04. The lowest BCUT2D eigenvalue weighted by molar-refractivity contribution is 0.0687. The molecular weight excluding hydrogens is 382 g/mol. The molecular formula is C23H25N3O4. The summed E-state index contributed by atoms with van der Waals surface area (Å²) >= 11 is 0. The van der Waals surface area contributed by atoms with Crippen LogP contribution in [0.4, 0.5) is 0 Å². The van der Waals surface area contributed by atoms with Crippen molar-refractivity contribution >= 4 is 11.7 Å². The summed E-state index contributed by atoms with van der Waals surface area (Å²) in [6, 6.07) is 11.3. The summed E-state index contributed by atoms with van der Waals surface area (Å²) in [4.78, 5) is 27.2. The summed E-state index contributed by atoms with van der Waals surface area (Å²) in [5, 5.41) is 13.4. The first kappa shape index (κ1) is 20.1. The van der Waals surface area contributed by atoms with E-state index in [-0.39, 0.29) is 11.3 Å². The van der Waals surface area contributed by atoms with E-state index >= 15 is 0 Å². The highest BCUT2D eigenvalue weighted by Gasteiger charge is 2.34. The van der Waals surface area contributed by atoms with Gasteiger partial charge in [-0.3, -0.25) is 9.59 Å². The lowest BCUT2D eigenvalue weighted by Gasteiger charge is -2.29. The number of aliphatic hydroxyl groups excluding tert-OH is 1. The zero-order chi connectivity index (χ0) is 21.5. The van der Waals surface area contributed by atoms with Crippen LogP contribution in [0.5, 0.6) is 0 Å². The van der Waals surface area contributed by atoms with E-state index in [0.717, 1.165) is 16.8 Å². The number of ketones is 1. The van der Waals surface area contributed by atoms with Crippen LogP contribution in [0.25, 0.3) is 11.3 Å². The molecule has 0 bridgehead atoms. The molecule has 0 unspecified atom stereocenters. The number of hydrogen-bond acceptors (Lipinski definition) is 5. The summed E-state index contributed by atoms with van der Waals surface area (Å²) in [5.74, 6) is 0.126. The molecule has 0 atom stereocenters. The van der Waals surface area contributed by atoms with E-state index in [2.05, 4.69) is 19.0 Å². The van der Waals surface area contributed by atoms with Crippen LogP contribution in [0.1, 0.15) is 46.0 Å². The van der Waals surface area contributed by atoms with E-state index in [1.807, 2.05) is 41.8 Å². The Balaban J connectivity index is 1.72. The predicted molar refractivity (Wildman–Crippen MR) is 111 cm³/mol. The SMILES string of the molecule is Cc1onc(-c2ccccc2)c1CN1CC(C)(C)Cn2cc(C(=O)CO)cc2C1=O. The van der Waals surface area contributed by atoms with Gasteiger partial charge in [0.15, 0.2) is 5.78 Å². The van der Waals surface area contributed by atoms with Crippen molar-refractivity contribution in [1.82, 2.24) is 14.6 Å². The largest absolute Gasteiger partial charge is 0.388 e. The maximum atomic E-state index is 13.4. The number of amides is 1. The number of aliphatic hydroxyl groups is 1. The van der Waals surface area contributed by atoms with Crippen molar-refractivity contribution in [2.24, 2.45) is 5.41 Å². The van der Waals surface area contributed by atoms with Crippen molar-refractivity contribution in [3.05, 3.63) is 65.2 Å². The minimum absolute atomic E-state index is 0.155. The molecule has 0 aliphatic carbocycles. The van der Waals surface area contributed by atoms with Crippen molar-refractivity contribution < 1.29 is 19.2 Å². The van der Waals surface area contributed by atoms with E-state index in [1.54, 1.807) is 17.2 Å². The van der Waals surface area contributed by atoms with Gasteiger partial charge in [0.2, 0.25) is 0 Å². The molecule has 0 fully saturated rings. The Bertz CT molecular complexity index is 1100. The topological polar surface area (TPSA) is 88.6 Å². The third-order valence-electron chi connectivity index (χ3n) is 5.47. The number of Topliss-reactive ketones (excluding diaryl/α,β-unsaturated/α-hetero) is 1. The predicted octanol–water partition coefficient (Wildman–Crippen LogP) is 3.31. The van der Waals surface area contributed by atoms with Gasteiger partial charge in [-0.25, -0.2) is 0 Å². The van der Waals surface area contributed by atoms with Gasteiger partial charge < -0.3 is 19.1 Å². The summed E-state index contributed by atoms with van der Waals surface area (Å²) in [7, 11) is 0. The quantitative estimate of drug-likeness (QED) is 0.656. The molecule has 7 heteroatoms. The third-order valence-corrected chi connectivity index (χ3v) is 5.47. The summed E-state index contributed by atoms with van der Waals surface area (Å²) in [6.45, 7) is 6.96. The van der Waals surface area contributed by atoms with Crippen molar-refractivity contribution in [3.8, 4) is 11.3 Å². The average molecular weight is 407 g/mol. The van der Waals surface area contributed by atoms with Gasteiger partial charge in [0, 0.05) is 41.4 Å². The number of aryl methyl sites for hydroxylation is 1. The van der Waals surface area contributed by atoms with E-state index in [4.69, 9.17) is 4.52 Å². The summed E-state index contributed by atoms with van der Waals surface area (Å²) in [6.07, 6.45) is 1.66. The van der Waals surface area contributed by atoms with Crippen molar-refractivity contribution in [3.63, 3.8) is 0 Å². The zero-order valence-corrected chi connectivity index (χ0v) is 17.4. The van der Waals surface area contributed by atoms with Gasteiger partial charge in [-0.05, 0) is 13.0 Å². The van der Waals surface area contributed by atoms with Crippen molar-refractivity contribution in [2.75, 3.05) is 13.2 Å². The average Bonchev–Trinajstić information content (AvgIpc) is 3.28. The van der Waals surface area contributed by atoms with Gasteiger partial charge in [0.05, 0.1) is 6.54 Å². The second-order valence-electron chi connectivity index (χ2n) is 8.58. The lowest BCUT2D eigenvalue weighted by Crippen LogP contribution is -2.37. The smallest absolute Gasteiger partial charge is 0.270 e.